The van der Waals surface area contributed by atoms with Crippen LogP contribution in [0.3, 0.4) is 0 Å². The van der Waals surface area contributed by atoms with Crippen LogP contribution < -0.4 is 4.52 Å². The molecular formula is C20H19O4P. The summed E-state index contributed by atoms with van der Waals surface area (Å²) in [6.07, 6.45) is 0. The lowest BCUT2D eigenvalue weighted by atomic mass is 9.89. The summed E-state index contributed by atoms with van der Waals surface area (Å²) in [7, 11) is -4.65. The molecule has 2 N–H and O–H groups in total. The summed E-state index contributed by atoms with van der Waals surface area (Å²) >= 11 is 0. The second-order valence-corrected chi connectivity index (χ2v) is 7.02. The number of phosphoric ester groups is 1. The average molecular weight is 354 g/mol. The summed E-state index contributed by atoms with van der Waals surface area (Å²) < 4.78 is 16.4. The normalized spacial score (nSPS) is 11.4. The van der Waals surface area contributed by atoms with E-state index in [1.165, 1.54) is 0 Å². The van der Waals surface area contributed by atoms with Crippen LogP contribution >= 0.6 is 7.82 Å². The van der Waals surface area contributed by atoms with Crippen molar-refractivity contribution in [3.63, 3.8) is 0 Å². The Bertz CT molecular complexity index is 931. The van der Waals surface area contributed by atoms with Crippen molar-refractivity contribution in [3.05, 3.63) is 77.9 Å². The highest BCUT2D eigenvalue weighted by Crippen LogP contribution is 2.45. The molecule has 3 rings (SSSR count). The van der Waals surface area contributed by atoms with Gasteiger partial charge in [-0.25, -0.2) is 4.57 Å². The Morgan fingerprint density at radius 1 is 0.800 bits per heavy atom. The number of rotatable bonds is 4. The van der Waals surface area contributed by atoms with E-state index in [-0.39, 0.29) is 5.75 Å². The van der Waals surface area contributed by atoms with Gasteiger partial charge in [0.25, 0.3) is 0 Å². The van der Waals surface area contributed by atoms with Crippen molar-refractivity contribution >= 4 is 7.82 Å². The predicted molar refractivity (Wildman–Crippen MR) is 99.5 cm³/mol. The van der Waals surface area contributed by atoms with Crippen LogP contribution in [-0.4, -0.2) is 9.79 Å². The highest BCUT2D eigenvalue weighted by molar-refractivity contribution is 7.46. The maximum Gasteiger partial charge on any atom is 0.524 e. The van der Waals surface area contributed by atoms with Crippen LogP contribution in [-0.2, 0) is 4.57 Å². The Balaban J connectivity index is 2.30. The van der Waals surface area contributed by atoms with E-state index in [2.05, 4.69) is 0 Å². The Morgan fingerprint density at radius 3 is 1.84 bits per heavy atom. The minimum absolute atomic E-state index is 0.191. The third-order valence-corrected chi connectivity index (χ3v) is 4.60. The lowest BCUT2D eigenvalue weighted by Gasteiger charge is -2.19. The lowest BCUT2D eigenvalue weighted by molar-refractivity contribution is 0.282. The summed E-state index contributed by atoms with van der Waals surface area (Å²) in [6.45, 7) is 3.83. The topological polar surface area (TPSA) is 66.8 Å². The minimum atomic E-state index is -4.65. The maximum atomic E-state index is 11.4. The van der Waals surface area contributed by atoms with Crippen LogP contribution in [0, 0.1) is 13.8 Å². The number of phosphoric acid groups is 1. The van der Waals surface area contributed by atoms with Crippen molar-refractivity contribution < 1.29 is 18.9 Å². The van der Waals surface area contributed by atoms with E-state index < -0.39 is 7.82 Å². The lowest BCUT2D eigenvalue weighted by Crippen LogP contribution is -1.99. The molecule has 25 heavy (non-hydrogen) atoms. The summed E-state index contributed by atoms with van der Waals surface area (Å²) in [5.41, 5.74) is 5.48. The third-order valence-electron chi connectivity index (χ3n) is 4.16. The largest absolute Gasteiger partial charge is 0.524 e. The molecule has 0 aliphatic rings. The first kappa shape index (κ1) is 17.4. The van der Waals surface area contributed by atoms with E-state index in [1.54, 1.807) is 6.07 Å². The molecule has 3 aromatic rings. The molecule has 0 spiro atoms. The van der Waals surface area contributed by atoms with E-state index in [0.29, 0.717) is 5.56 Å². The van der Waals surface area contributed by atoms with Gasteiger partial charge >= 0.3 is 7.82 Å². The molecule has 0 saturated heterocycles. The molecule has 0 fully saturated rings. The third kappa shape index (κ3) is 3.83. The fourth-order valence-electron chi connectivity index (χ4n) is 3.07. The summed E-state index contributed by atoms with van der Waals surface area (Å²) in [6, 6.07) is 21.2. The molecule has 5 heteroatoms. The van der Waals surface area contributed by atoms with Gasteiger partial charge in [-0.3, -0.25) is 9.79 Å². The molecule has 0 aromatic heterocycles. The van der Waals surface area contributed by atoms with Crippen LogP contribution in [0.15, 0.2) is 66.7 Å². The van der Waals surface area contributed by atoms with Crippen molar-refractivity contribution in [2.24, 2.45) is 0 Å². The Labute approximate surface area is 147 Å². The fourth-order valence-corrected chi connectivity index (χ4v) is 3.51. The van der Waals surface area contributed by atoms with Crippen molar-refractivity contribution in [3.8, 4) is 28.0 Å². The molecule has 0 atom stereocenters. The monoisotopic (exact) mass is 354 g/mol. The smallest absolute Gasteiger partial charge is 0.404 e. The number of hydrogen-bond donors (Lipinski definition) is 2. The first-order valence-electron chi connectivity index (χ1n) is 7.87. The summed E-state index contributed by atoms with van der Waals surface area (Å²) in [5, 5.41) is 0. The number of hydrogen-bond acceptors (Lipinski definition) is 2. The molecular weight excluding hydrogens is 335 g/mol. The molecule has 4 nitrogen and oxygen atoms in total. The molecule has 0 aliphatic heterocycles. The molecule has 128 valence electrons. The fraction of sp³-hybridized carbons (Fsp3) is 0.100. The average Bonchev–Trinajstić information content (AvgIpc) is 2.58. The molecule has 0 radical (unpaired) electrons. The molecule has 3 aromatic carbocycles. The number of benzene rings is 3. The van der Waals surface area contributed by atoms with Gasteiger partial charge in [0.15, 0.2) is 0 Å². The predicted octanol–water partition coefficient (Wildman–Crippen LogP) is 5.11. The van der Waals surface area contributed by atoms with E-state index in [4.69, 9.17) is 4.52 Å². The second-order valence-electron chi connectivity index (χ2n) is 5.86. The summed E-state index contributed by atoms with van der Waals surface area (Å²) in [5.74, 6) is 0.191. The van der Waals surface area contributed by atoms with Gasteiger partial charge in [-0.05, 0) is 53.3 Å². The van der Waals surface area contributed by atoms with Crippen LogP contribution in [0.5, 0.6) is 5.75 Å². The van der Waals surface area contributed by atoms with Crippen molar-refractivity contribution in [1.82, 2.24) is 0 Å². The van der Waals surface area contributed by atoms with Crippen LogP contribution in [0.1, 0.15) is 11.1 Å². The highest BCUT2D eigenvalue weighted by Gasteiger charge is 2.22. The van der Waals surface area contributed by atoms with Crippen molar-refractivity contribution in [2.75, 3.05) is 0 Å². The molecule has 0 bridgehead atoms. The maximum absolute atomic E-state index is 11.4. The Kier molecular flexibility index (Phi) is 4.78. The molecule has 0 aliphatic carbocycles. The highest BCUT2D eigenvalue weighted by atomic mass is 31.2. The van der Waals surface area contributed by atoms with Crippen LogP contribution in [0.2, 0.25) is 0 Å². The zero-order valence-electron chi connectivity index (χ0n) is 14.0. The first-order chi connectivity index (χ1) is 11.9. The van der Waals surface area contributed by atoms with E-state index in [0.717, 1.165) is 27.8 Å². The van der Waals surface area contributed by atoms with Gasteiger partial charge in [-0.2, -0.15) is 0 Å². The van der Waals surface area contributed by atoms with E-state index >= 15 is 0 Å². The standard InChI is InChI=1S/C20H19O4P/c1-14-18(16-9-5-3-6-10-16)13-19(24-25(21,22)23)15(2)20(14)17-11-7-4-8-12-17/h3-13H,1-2H3,(H2,21,22,23). The van der Waals surface area contributed by atoms with Crippen LogP contribution in [0.25, 0.3) is 22.3 Å². The zero-order valence-corrected chi connectivity index (χ0v) is 14.9. The van der Waals surface area contributed by atoms with Crippen molar-refractivity contribution in [1.29, 1.82) is 0 Å². The Hall–Kier alpha value is -2.39. The van der Waals surface area contributed by atoms with Gasteiger partial charge in [0, 0.05) is 0 Å². The van der Waals surface area contributed by atoms with Gasteiger partial charge in [0.1, 0.15) is 5.75 Å². The summed E-state index contributed by atoms with van der Waals surface area (Å²) in [4.78, 5) is 18.6. The van der Waals surface area contributed by atoms with Gasteiger partial charge in [0.05, 0.1) is 0 Å². The van der Waals surface area contributed by atoms with E-state index in [9.17, 15) is 14.4 Å². The van der Waals surface area contributed by atoms with Gasteiger partial charge in [-0.1, -0.05) is 60.7 Å². The van der Waals surface area contributed by atoms with Gasteiger partial charge < -0.3 is 4.52 Å². The van der Waals surface area contributed by atoms with Crippen molar-refractivity contribution in [2.45, 2.75) is 13.8 Å². The van der Waals surface area contributed by atoms with Crippen LogP contribution in [0.4, 0.5) is 0 Å². The SMILES string of the molecule is Cc1c(OP(=O)(O)O)cc(-c2ccccc2)c(C)c1-c1ccccc1. The molecule has 0 amide bonds. The van der Waals surface area contributed by atoms with Gasteiger partial charge in [-0.15, -0.1) is 0 Å². The Morgan fingerprint density at radius 2 is 1.32 bits per heavy atom. The quantitative estimate of drug-likeness (QED) is 0.639. The molecule has 0 saturated carbocycles. The van der Waals surface area contributed by atoms with E-state index in [1.807, 2.05) is 74.5 Å². The molecule has 0 unspecified atom stereocenters. The second kappa shape index (κ2) is 6.85. The zero-order chi connectivity index (χ0) is 18.0. The minimum Gasteiger partial charge on any atom is -0.404 e. The van der Waals surface area contributed by atoms with Gasteiger partial charge in [0.2, 0.25) is 0 Å². The molecule has 0 heterocycles. The first-order valence-corrected chi connectivity index (χ1v) is 9.40.